The molecule has 2 rings (SSSR count). The summed E-state index contributed by atoms with van der Waals surface area (Å²) in [6.07, 6.45) is 4.54. The molecule has 90 valence electrons. The summed E-state index contributed by atoms with van der Waals surface area (Å²) in [5.41, 5.74) is -0.246. The topological polar surface area (TPSA) is 49.4 Å². The Morgan fingerprint density at radius 2 is 1.56 bits per heavy atom. The van der Waals surface area contributed by atoms with Gasteiger partial charge in [-0.1, -0.05) is 0 Å². The van der Waals surface area contributed by atoms with Gasteiger partial charge >= 0.3 is 0 Å². The Hall–Kier alpha value is -0.900. The van der Waals surface area contributed by atoms with Crippen molar-refractivity contribution < 1.29 is 9.59 Å². The molecule has 0 bridgehead atoms. The third-order valence-corrected chi connectivity index (χ3v) is 3.75. The first kappa shape index (κ1) is 11.6. The normalized spacial score (nSPS) is 26.7. The van der Waals surface area contributed by atoms with Crippen LogP contribution in [0.1, 0.15) is 45.4 Å². The Labute approximate surface area is 96.4 Å². The van der Waals surface area contributed by atoms with Crippen molar-refractivity contribution in [2.75, 3.05) is 13.1 Å². The standard InChI is InChI=1S/C12H20N2O2/c1-12(6-8-13-9-7-12)14-10(15)4-2-3-5-11(14)16/h13H,2-9H2,1H3. The lowest BCUT2D eigenvalue weighted by molar-refractivity contribution is -0.151. The predicted octanol–water partition coefficient (Wildman–Crippen LogP) is 1.06. The van der Waals surface area contributed by atoms with E-state index in [1.165, 1.54) is 0 Å². The molecule has 2 heterocycles. The number of amides is 2. The fraction of sp³-hybridized carbons (Fsp3) is 0.833. The minimum atomic E-state index is -0.246. The first-order chi connectivity index (χ1) is 7.63. The van der Waals surface area contributed by atoms with Crippen LogP contribution in [-0.2, 0) is 9.59 Å². The van der Waals surface area contributed by atoms with E-state index in [1.54, 1.807) is 4.90 Å². The molecule has 1 N–H and O–H groups in total. The van der Waals surface area contributed by atoms with Crippen LogP contribution in [0.5, 0.6) is 0 Å². The third kappa shape index (κ3) is 2.12. The number of carbonyl (C=O) groups excluding carboxylic acids is 2. The van der Waals surface area contributed by atoms with Crippen LogP contribution >= 0.6 is 0 Å². The van der Waals surface area contributed by atoms with Gasteiger partial charge in [-0.2, -0.15) is 0 Å². The van der Waals surface area contributed by atoms with E-state index >= 15 is 0 Å². The molecule has 0 spiro atoms. The number of piperidine rings is 1. The number of rotatable bonds is 1. The molecular weight excluding hydrogens is 204 g/mol. The second-order valence-electron chi connectivity index (χ2n) is 5.08. The van der Waals surface area contributed by atoms with E-state index in [0.29, 0.717) is 12.8 Å². The van der Waals surface area contributed by atoms with Gasteiger partial charge in [0.05, 0.1) is 5.54 Å². The smallest absolute Gasteiger partial charge is 0.229 e. The summed E-state index contributed by atoms with van der Waals surface area (Å²) in [5.74, 6) is 0.0683. The van der Waals surface area contributed by atoms with Crippen molar-refractivity contribution in [2.45, 2.75) is 51.0 Å². The molecule has 0 aromatic heterocycles. The van der Waals surface area contributed by atoms with E-state index in [0.717, 1.165) is 38.8 Å². The SMILES string of the molecule is CC1(N2C(=O)CCCCC2=O)CCNCC1. The largest absolute Gasteiger partial charge is 0.317 e. The highest BCUT2D eigenvalue weighted by molar-refractivity contribution is 5.97. The summed E-state index contributed by atoms with van der Waals surface area (Å²) in [4.78, 5) is 25.6. The molecule has 0 aromatic rings. The number of nitrogens with one attached hydrogen (secondary N) is 1. The van der Waals surface area contributed by atoms with Crippen molar-refractivity contribution in [3.8, 4) is 0 Å². The average molecular weight is 224 g/mol. The van der Waals surface area contributed by atoms with Gasteiger partial charge in [0.2, 0.25) is 11.8 Å². The highest BCUT2D eigenvalue weighted by atomic mass is 16.2. The van der Waals surface area contributed by atoms with Crippen LogP contribution in [0.15, 0.2) is 0 Å². The lowest BCUT2D eigenvalue weighted by Gasteiger charge is -2.42. The Bertz CT molecular complexity index is 277. The lowest BCUT2D eigenvalue weighted by atomic mass is 9.88. The average Bonchev–Trinajstić information content (AvgIpc) is 2.41. The van der Waals surface area contributed by atoms with Crippen LogP contribution < -0.4 is 5.32 Å². The first-order valence-corrected chi connectivity index (χ1v) is 6.20. The Kier molecular flexibility index (Phi) is 3.28. The molecule has 0 radical (unpaired) electrons. The van der Waals surface area contributed by atoms with Crippen LogP contribution in [0.25, 0.3) is 0 Å². The molecule has 4 nitrogen and oxygen atoms in total. The van der Waals surface area contributed by atoms with E-state index in [2.05, 4.69) is 12.2 Å². The zero-order valence-electron chi connectivity index (χ0n) is 9.92. The van der Waals surface area contributed by atoms with Gasteiger partial charge in [-0.25, -0.2) is 0 Å². The number of carbonyl (C=O) groups is 2. The number of imide groups is 1. The van der Waals surface area contributed by atoms with E-state index in [4.69, 9.17) is 0 Å². The van der Waals surface area contributed by atoms with E-state index < -0.39 is 0 Å². The van der Waals surface area contributed by atoms with Crippen molar-refractivity contribution in [2.24, 2.45) is 0 Å². The molecule has 2 fully saturated rings. The number of hydrogen-bond acceptors (Lipinski definition) is 3. The molecule has 0 aliphatic carbocycles. The summed E-state index contributed by atoms with van der Waals surface area (Å²) in [7, 11) is 0. The van der Waals surface area contributed by atoms with Gasteiger partial charge in [0, 0.05) is 12.8 Å². The van der Waals surface area contributed by atoms with Crippen LogP contribution in [0.2, 0.25) is 0 Å². The Morgan fingerprint density at radius 1 is 1.06 bits per heavy atom. The summed E-state index contributed by atoms with van der Waals surface area (Å²) >= 11 is 0. The monoisotopic (exact) mass is 224 g/mol. The fourth-order valence-electron chi connectivity index (χ4n) is 2.71. The summed E-state index contributed by atoms with van der Waals surface area (Å²) < 4.78 is 0. The highest BCUT2D eigenvalue weighted by Gasteiger charge is 2.40. The lowest BCUT2D eigenvalue weighted by Crippen LogP contribution is -2.56. The van der Waals surface area contributed by atoms with E-state index in [9.17, 15) is 9.59 Å². The minimum absolute atomic E-state index is 0.0342. The molecule has 2 amide bonds. The molecule has 0 atom stereocenters. The minimum Gasteiger partial charge on any atom is -0.317 e. The van der Waals surface area contributed by atoms with Gasteiger partial charge in [0.15, 0.2) is 0 Å². The number of nitrogens with zero attached hydrogens (tertiary/aromatic N) is 1. The molecule has 2 saturated heterocycles. The third-order valence-electron chi connectivity index (χ3n) is 3.75. The summed E-state index contributed by atoms with van der Waals surface area (Å²) in [6, 6.07) is 0. The Morgan fingerprint density at radius 3 is 2.06 bits per heavy atom. The molecule has 0 saturated carbocycles. The van der Waals surface area contributed by atoms with Gasteiger partial charge in [0.25, 0.3) is 0 Å². The first-order valence-electron chi connectivity index (χ1n) is 6.20. The van der Waals surface area contributed by atoms with E-state index in [-0.39, 0.29) is 17.4 Å². The van der Waals surface area contributed by atoms with Crippen LogP contribution in [-0.4, -0.2) is 35.3 Å². The van der Waals surface area contributed by atoms with Crippen molar-refractivity contribution in [3.63, 3.8) is 0 Å². The molecule has 16 heavy (non-hydrogen) atoms. The van der Waals surface area contributed by atoms with Crippen LogP contribution in [0.4, 0.5) is 0 Å². The van der Waals surface area contributed by atoms with E-state index in [1.807, 2.05) is 0 Å². The van der Waals surface area contributed by atoms with Crippen molar-refractivity contribution in [3.05, 3.63) is 0 Å². The predicted molar refractivity (Wildman–Crippen MR) is 60.8 cm³/mol. The second-order valence-corrected chi connectivity index (χ2v) is 5.08. The molecule has 0 unspecified atom stereocenters. The summed E-state index contributed by atoms with van der Waals surface area (Å²) in [5, 5.41) is 3.28. The number of likely N-dealkylation sites (tertiary alicyclic amines) is 1. The van der Waals surface area contributed by atoms with Crippen molar-refractivity contribution >= 4 is 11.8 Å². The molecule has 4 heteroatoms. The highest BCUT2D eigenvalue weighted by Crippen LogP contribution is 2.29. The van der Waals surface area contributed by atoms with Crippen LogP contribution in [0, 0.1) is 0 Å². The van der Waals surface area contributed by atoms with Crippen molar-refractivity contribution in [1.29, 1.82) is 0 Å². The molecular formula is C12H20N2O2. The van der Waals surface area contributed by atoms with Gasteiger partial charge < -0.3 is 5.32 Å². The van der Waals surface area contributed by atoms with Crippen molar-refractivity contribution in [1.82, 2.24) is 10.2 Å². The maximum absolute atomic E-state index is 12.0. The quantitative estimate of drug-likeness (QED) is 0.677. The van der Waals surface area contributed by atoms with Gasteiger partial charge in [-0.3, -0.25) is 14.5 Å². The molecule has 0 aromatic carbocycles. The maximum Gasteiger partial charge on any atom is 0.229 e. The maximum atomic E-state index is 12.0. The summed E-state index contributed by atoms with van der Waals surface area (Å²) in [6.45, 7) is 3.84. The number of hydrogen-bond donors (Lipinski definition) is 1. The zero-order chi connectivity index (χ0) is 11.6. The van der Waals surface area contributed by atoms with Crippen LogP contribution in [0.3, 0.4) is 0 Å². The fourth-order valence-corrected chi connectivity index (χ4v) is 2.71. The second kappa shape index (κ2) is 4.53. The molecule has 2 aliphatic heterocycles. The molecule has 2 aliphatic rings. The van der Waals surface area contributed by atoms with Gasteiger partial charge in [-0.15, -0.1) is 0 Å². The Balaban J connectivity index is 2.20. The van der Waals surface area contributed by atoms with Gasteiger partial charge in [-0.05, 0) is 45.7 Å². The van der Waals surface area contributed by atoms with Gasteiger partial charge in [0.1, 0.15) is 0 Å². The zero-order valence-corrected chi connectivity index (χ0v) is 9.92.